The van der Waals surface area contributed by atoms with Gasteiger partial charge < -0.3 is 5.32 Å². The third-order valence-electron chi connectivity index (χ3n) is 5.10. The molecule has 1 atom stereocenters. The Morgan fingerprint density at radius 1 is 1.24 bits per heavy atom. The molecule has 3 aromatic rings. The Balaban J connectivity index is 1.56. The van der Waals surface area contributed by atoms with Gasteiger partial charge in [-0.25, -0.2) is 9.36 Å². The summed E-state index contributed by atoms with van der Waals surface area (Å²) in [5.74, 6) is -0.279. The summed E-state index contributed by atoms with van der Waals surface area (Å²) in [6.07, 6.45) is 4.52. The van der Waals surface area contributed by atoms with E-state index in [0.29, 0.717) is 0 Å². The van der Waals surface area contributed by atoms with Crippen molar-refractivity contribution in [3.63, 3.8) is 0 Å². The fraction of sp³-hybridized carbons (Fsp3) is 0.333. The van der Waals surface area contributed by atoms with E-state index in [2.05, 4.69) is 47.6 Å². The highest BCUT2D eigenvalue weighted by molar-refractivity contribution is 6.29. The Kier molecular flexibility index (Phi) is 5.24. The van der Waals surface area contributed by atoms with Crippen molar-refractivity contribution in [1.29, 1.82) is 0 Å². The molecule has 0 fully saturated rings. The van der Waals surface area contributed by atoms with Crippen LogP contribution in [-0.2, 0) is 17.8 Å². The van der Waals surface area contributed by atoms with Crippen LogP contribution < -0.4 is 10.9 Å². The minimum atomic E-state index is -0.364. The van der Waals surface area contributed by atoms with Gasteiger partial charge in [0, 0.05) is 17.3 Å². The van der Waals surface area contributed by atoms with Crippen molar-refractivity contribution in [1.82, 2.24) is 24.9 Å². The first-order chi connectivity index (χ1) is 13.9. The summed E-state index contributed by atoms with van der Waals surface area (Å²) in [7, 11) is 0. The second-order valence-electron chi connectivity index (χ2n) is 7.47. The van der Waals surface area contributed by atoms with Gasteiger partial charge in [-0.05, 0) is 62.4 Å². The van der Waals surface area contributed by atoms with Crippen molar-refractivity contribution in [2.75, 3.05) is 0 Å². The van der Waals surface area contributed by atoms with E-state index in [-0.39, 0.29) is 29.2 Å². The number of amides is 1. The standard InChI is InChI=1S/C21H22ClN5O2/c1-13-8-14(2)10-15(9-13)27-18-5-3-4-17(16(18)11-23-27)24-20(28)12-26-21(29)7-6-19(22)25-26/h6-11,17H,3-5,12H2,1-2H3,(H,24,28). The van der Waals surface area contributed by atoms with E-state index >= 15 is 0 Å². The van der Waals surface area contributed by atoms with Crippen molar-refractivity contribution in [2.24, 2.45) is 0 Å². The number of aryl methyl sites for hydroxylation is 2. The molecule has 2 aromatic heterocycles. The van der Waals surface area contributed by atoms with Gasteiger partial charge in [-0.15, -0.1) is 0 Å². The number of fused-ring (bicyclic) bond motifs is 1. The van der Waals surface area contributed by atoms with Gasteiger partial charge >= 0.3 is 0 Å². The predicted molar refractivity (Wildman–Crippen MR) is 110 cm³/mol. The summed E-state index contributed by atoms with van der Waals surface area (Å²) in [6, 6.07) is 8.93. The summed E-state index contributed by atoms with van der Waals surface area (Å²) in [6.45, 7) is 3.97. The van der Waals surface area contributed by atoms with E-state index in [1.807, 2.05) is 10.9 Å². The molecular formula is C21H22ClN5O2. The van der Waals surface area contributed by atoms with Crippen molar-refractivity contribution >= 4 is 17.5 Å². The van der Waals surface area contributed by atoms with Crippen molar-refractivity contribution in [2.45, 2.75) is 45.7 Å². The van der Waals surface area contributed by atoms with E-state index in [0.717, 1.165) is 40.9 Å². The molecule has 1 aromatic carbocycles. The number of rotatable bonds is 4. The summed E-state index contributed by atoms with van der Waals surface area (Å²) in [4.78, 5) is 24.4. The van der Waals surface area contributed by atoms with Crippen molar-refractivity contribution in [3.8, 4) is 5.69 Å². The SMILES string of the molecule is Cc1cc(C)cc(-n2ncc3c2CCCC3NC(=O)Cn2nc(Cl)ccc2=O)c1. The zero-order valence-corrected chi connectivity index (χ0v) is 17.1. The van der Waals surface area contributed by atoms with Gasteiger partial charge in [-0.2, -0.15) is 10.2 Å². The number of hydrogen-bond donors (Lipinski definition) is 1. The van der Waals surface area contributed by atoms with E-state index in [4.69, 9.17) is 11.6 Å². The van der Waals surface area contributed by atoms with Crippen LogP contribution in [-0.4, -0.2) is 25.5 Å². The zero-order chi connectivity index (χ0) is 20.5. The molecule has 0 saturated carbocycles. The molecule has 0 saturated heterocycles. The number of carbonyl (C=O) groups is 1. The lowest BCUT2D eigenvalue weighted by Gasteiger charge is -2.24. The molecule has 4 rings (SSSR count). The third kappa shape index (κ3) is 4.10. The van der Waals surface area contributed by atoms with Gasteiger partial charge in [0.25, 0.3) is 5.56 Å². The Morgan fingerprint density at radius 2 is 2.00 bits per heavy atom. The number of hydrogen-bond acceptors (Lipinski definition) is 4. The summed E-state index contributed by atoms with van der Waals surface area (Å²) in [5, 5.41) is 11.7. The van der Waals surface area contributed by atoms with Gasteiger partial charge in [-0.3, -0.25) is 9.59 Å². The number of benzene rings is 1. The third-order valence-corrected chi connectivity index (χ3v) is 5.30. The Bertz CT molecular complexity index is 1110. The Hall–Kier alpha value is -2.93. The predicted octanol–water partition coefficient (Wildman–Crippen LogP) is 2.89. The highest BCUT2D eigenvalue weighted by Gasteiger charge is 2.26. The quantitative estimate of drug-likeness (QED) is 0.715. The van der Waals surface area contributed by atoms with Crippen LogP contribution in [0.15, 0.2) is 41.3 Å². The van der Waals surface area contributed by atoms with E-state index in [1.54, 1.807) is 0 Å². The Morgan fingerprint density at radius 3 is 2.76 bits per heavy atom. The second kappa shape index (κ2) is 7.83. The van der Waals surface area contributed by atoms with Gasteiger partial charge in [0.1, 0.15) is 11.7 Å². The summed E-state index contributed by atoms with van der Waals surface area (Å²) >= 11 is 5.83. The maximum atomic E-state index is 12.5. The second-order valence-corrected chi connectivity index (χ2v) is 7.86. The number of aromatic nitrogens is 4. The van der Waals surface area contributed by atoms with Gasteiger partial charge in [0.05, 0.1) is 17.9 Å². The van der Waals surface area contributed by atoms with Crippen LogP contribution in [0.3, 0.4) is 0 Å². The van der Waals surface area contributed by atoms with Crippen LogP contribution in [0.1, 0.15) is 41.3 Å². The lowest BCUT2D eigenvalue weighted by molar-refractivity contribution is -0.122. The largest absolute Gasteiger partial charge is 0.348 e. The van der Waals surface area contributed by atoms with E-state index < -0.39 is 0 Å². The average molecular weight is 412 g/mol. The molecule has 1 aliphatic carbocycles. The molecule has 7 nitrogen and oxygen atoms in total. The topological polar surface area (TPSA) is 81.8 Å². The first-order valence-corrected chi connectivity index (χ1v) is 9.97. The smallest absolute Gasteiger partial charge is 0.267 e. The molecule has 1 amide bonds. The maximum absolute atomic E-state index is 12.5. The fourth-order valence-electron chi connectivity index (χ4n) is 3.92. The molecule has 8 heteroatoms. The van der Waals surface area contributed by atoms with E-state index in [1.165, 1.54) is 23.3 Å². The molecule has 29 heavy (non-hydrogen) atoms. The maximum Gasteiger partial charge on any atom is 0.267 e. The lowest BCUT2D eigenvalue weighted by atomic mass is 9.92. The first-order valence-electron chi connectivity index (χ1n) is 9.59. The molecule has 0 aliphatic heterocycles. The first kappa shape index (κ1) is 19.4. The number of carbonyl (C=O) groups excluding carboxylic acids is 1. The normalized spacial score (nSPS) is 15.8. The summed E-state index contributed by atoms with van der Waals surface area (Å²) in [5.41, 5.74) is 5.18. The van der Waals surface area contributed by atoms with Crippen LogP contribution in [0, 0.1) is 13.8 Å². The highest BCUT2D eigenvalue weighted by atomic mass is 35.5. The molecule has 150 valence electrons. The number of nitrogens with one attached hydrogen (secondary N) is 1. The highest BCUT2D eigenvalue weighted by Crippen LogP contribution is 2.31. The van der Waals surface area contributed by atoms with Crippen LogP contribution in [0.4, 0.5) is 0 Å². The zero-order valence-electron chi connectivity index (χ0n) is 16.4. The fourth-order valence-corrected chi connectivity index (χ4v) is 4.07. The van der Waals surface area contributed by atoms with Crippen molar-refractivity contribution < 1.29 is 4.79 Å². The minimum Gasteiger partial charge on any atom is -0.348 e. The van der Waals surface area contributed by atoms with Crippen molar-refractivity contribution in [3.05, 3.63) is 74.4 Å². The molecule has 1 unspecified atom stereocenters. The lowest BCUT2D eigenvalue weighted by Crippen LogP contribution is -2.36. The molecule has 2 heterocycles. The number of halogens is 1. The molecule has 1 aliphatic rings. The van der Waals surface area contributed by atoms with Gasteiger partial charge in [0.2, 0.25) is 5.91 Å². The summed E-state index contributed by atoms with van der Waals surface area (Å²) < 4.78 is 3.04. The molecule has 0 spiro atoms. The van der Waals surface area contributed by atoms with E-state index in [9.17, 15) is 9.59 Å². The van der Waals surface area contributed by atoms with Crippen LogP contribution in [0.25, 0.3) is 5.69 Å². The van der Waals surface area contributed by atoms with Crippen LogP contribution in [0.2, 0.25) is 5.15 Å². The Labute approximate surface area is 173 Å². The average Bonchev–Trinajstić information content (AvgIpc) is 3.09. The van der Waals surface area contributed by atoms with Crippen LogP contribution >= 0.6 is 11.6 Å². The van der Waals surface area contributed by atoms with Gasteiger partial charge in [0.15, 0.2) is 0 Å². The molecule has 0 bridgehead atoms. The molecular weight excluding hydrogens is 390 g/mol. The van der Waals surface area contributed by atoms with Gasteiger partial charge in [-0.1, -0.05) is 17.7 Å². The molecule has 1 N–H and O–H groups in total. The number of nitrogens with zero attached hydrogens (tertiary/aromatic N) is 4. The monoisotopic (exact) mass is 411 g/mol. The minimum absolute atomic E-state index is 0.138. The van der Waals surface area contributed by atoms with Crippen LogP contribution in [0.5, 0.6) is 0 Å². The molecule has 0 radical (unpaired) electrons.